The molecule has 0 bridgehead atoms. The van der Waals surface area contributed by atoms with E-state index in [-0.39, 0.29) is 16.3 Å². The zero-order chi connectivity index (χ0) is 13.2. The van der Waals surface area contributed by atoms with Crippen molar-refractivity contribution < 1.29 is 19.6 Å². The van der Waals surface area contributed by atoms with E-state index in [1.165, 1.54) is 0 Å². The minimum Gasteiger partial charge on any atom is -0.478 e. The van der Waals surface area contributed by atoms with E-state index in [4.69, 9.17) is 16.7 Å². The Morgan fingerprint density at radius 1 is 1.47 bits per heavy atom. The Labute approximate surface area is 100 Å². The van der Waals surface area contributed by atoms with Crippen molar-refractivity contribution in [2.75, 3.05) is 5.32 Å². The van der Waals surface area contributed by atoms with Crippen LogP contribution in [0.5, 0.6) is 0 Å². The number of amides is 1. The number of carboxylic acid groups (broad SMARTS) is 1. The van der Waals surface area contributed by atoms with Crippen molar-refractivity contribution in [2.45, 2.75) is 6.92 Å². The quantitative estimate of drug-likeness (QED) is 0.635. The summed E-state index contributed by atoms with van der Waals surface area (Å²) in [5, 5.41) is 21.3. The van der Waals surface area contributed by atoms with Gasteiger partial charge in [-0.3, -0.25) is 14.9 Å². The summed E-state index contributed by atoms with van der Waals surface area (Å²) in [7, 11) is 0. The van der Waals surface area contributed by atoms with Crippen LogP contribution in [0.1, 0.15) is 17.3 Å². The predicted molar refractivity (Wildman–Crippen MR) is 59.4 cm³/mol. The van der Waals surface area contributed by atoms with E-state index in [2.05, 4.69) is 5.32 Å². The smallest absolute Gasteiger partial charge is 0.337 e. The fraction of sp³-hybridized carbons (Fsp3) is 0.111. The summed E-state index contributed by atoms with van der Waals surface area (Å²) in [6.45, 7) is 1.16. The average molecular weight is 259 g/mol. The van der Waals surface area contributed by atoms with Gasteiger partial charge in [0.25, 0.3) is 5.69 Å². The van der Waals surface area contributed by atoms with Crippen LogP contribution in [0.15, 0.2) is 12.1 Å². The first-order valence-corrected chi connectivity index (χ1v) is 4.69. The number of anilines is 1. The molecule has 90 valence electrons. The van der Waals surface area contributed by atoms with Gasteiger partial charge in [0.2, 0.25) is 5.91 Å². The number of nitrogens with zero attached hydrogens (tertiary/aromatic N) is 1. The van der Waals surface area contributed by atoms with Crippen molar-refractivity contribution in [2.24, 2.45) is 0 Å². The summed E-state index contributed by atoms with van der Waals surface area (Å²) >= 11 is 5.56. The highest BCUT2D eigenvalue weighted by Crippen LogP contribution is 2.31. The third-order valence-corrected chi connectivity index (χ3v) is 2.13. The Balaban J connectivity index is 3.41. The van der Waals surface area contributed by atoms with Crippen LogP contribution < -0.4 is 5.32 Å². The minimum atomic E-state index is -1.34. The fourth-order valence-corrected chi connectivity index (χ4v) is 1.40. The van der Waals surface area contributed by atoms with Gasteiger partial charge in [-0.2, -0.15) is 0 Å². The number of hydrogen-bond acceptors (Lipinski definition) is 4. The molecule has 7 nitrogen and oxygen atoms in total. The van der Waals surface area contributed by atoms with Gasteiger partial charge in [0.05, 0.1) is 16.2 Å². The second kappa shape index (κ2) is 4.79. The topological polar surface area (TPSA) is 110 Å². The lowest BCUT2D eigenvalue weighted by molar-refractivity contribution is -0.384. The molecule has 0 aliphatic carbocycles. The van der Waals surface area contributed by atoms with Crippen molar-refractivity contribution in [1.82, 2.24) is 0 Å². The molecule has 0 aliphatic heterocycles. The second-order valence-electron chi connectivity index (χ2n) is 3.09. The number of hydrogen-bond donors (Lipinski definition) is 2. The SMILES string of the molecule is CC(=O)Nc1cc([N+](=O)[O-])c(Cl)cc1C(=O)O. The molecule has 2 N–H and O–H groups in total. The lowest BCUT2D eigenvalue weighted by Crippen LogP contribution is -2.11. The van der Waals surface area contributed by atoms with E-state index < -0.39 is 22.5 Å². The number of nitrogens with one attached hydrogen (secondary N) is 1. The number of nitro benzene ring substituents is 1. The molecule has 0 radical (unpaired) electrons. The molecule has 1 aromatic carbocycles. The van der Waals surface area contributed by atoms with Gasteiger partial charge in [-0.1, -0.05) is 11.6 Å². The summed E-state index contributed by atoms with van der Waals surface area (Å²) in [5.41, 5.74) is -0.947. The Hall–Kier alpha value is -2.15. The van der Waals surface area contributed by atoms with E-state index in [0.717, 1.165) is 19.1 Å². The molecule has 0 spiro atoms. The van der Waals surface area contributed by atoms with Gasteiger partial charge in [0.15, 0.2) is 0 Å². The maximum Gasteiger partial charge on any atom is 0.337 e. The number of benzene rings is 1. The summed E-state index contributed by atoms with van der Waals surface area (Å²) in [5.74, 6) is -1.88. The maximum absolute atomic E-state index is 10.9. The van der Waals surface area contributed by atoms with Gasteiger partial charge in [0.1, 0.15) is 5.02 Å². The monoisotopic (exact) mass is 258 g/mol. The second-order valence-corrected chi connectivity index (χ2v) is 3.50. The maximum atomic E-state index is 10.9. The van der Waals surface area contributed by atoms with Crippen LogP contribution in [-0.2, 0) is 4.79 Å². The minimum absolute atomic E-state index is 0.166. The highest BCUT2D eigenvalue weighted by molar-refractivity contribution is 6.33. The highest BCUT2D eigenvalue weighted by atomic mass is 35.5. The number of nitro groups is 1. The molecule has 1 rings (SSSR count). The Kier molecular flexibility index (Phi) is 3.64. The zero-order valence-corrected chi connectivity index (χ0v) is 9.32. The first kappa shape index (κ1) is 12.9. The van der Waals surface area contributed by atoms with Gasteiger partial charge in [-0.25, -0.2) is 4.79 Å². The predicted octanol–water partition coefficient (Wildman–Crippen LogP) is 1.90. The van der Waals surface area contributed by atoms with E-state index >= 15 is 0 Å². The molecule has 0 aliphatic rings. The van der Waals surface area contributed by atoms with Crippen LogP contribution in [0.4, 0.5) is 11.4 Å². The van der Waals surface area contributed by atoms with Crippen LogP contribution in [0.2, 0.25) is 5.02 Å². The van der Waals surface area contributed by atoms with E-state index in [1.54, 1.807) is 0 Å². The number of carbonyl (C=O) groups is 2. The number of rotatable bonds is 3. The van der Waals surface area contributed by atoms with Crippen molar-refractivity contribution in [1.29, 1.82) is 0 Å². The molecular formula is C9H7ClN2O5. The number of halogens is 1. The molecule has 0 heterocycles. The molecule has 0 unspecified atom stereocenters. The van der Waals surface area contributed by atoms with Gasteiger partial charge < -0.3 is 10.4 Å². The molecular weight excluding hydrogens is 252 g/mol. The van der Waals surface area contributed by atoms with Gasteiger partial charge in [-0.05, 0) is 6.07 Å². The average Bonchev–Trinajstić information content (AvgIpc) is 2.18. The van der Waals surface area contributed by atoms with E-state index in [1.807, 2.05) is 0 Å². The van der Waals surface area contributed by atoms with Crippen molar-refractivity contribution in [3.63, 3.8) is 0 Å². The van der Waals surface area contributed by atoms with Gasteiger partial charge in [-0.15, -0.1) is 0 Å². The number of aromatic carboxylic acids is 1. The van der Waals surface area contributed by atoms with Crippen molar-refractivity contribution in [3.05, 3.63) is 32.8 Å². The Bertz CT molecular complexity index is 514. The normalized spacial score (nSPS) is 9.76. The van der Waals surface area contributed by atoms with E-state index in [0.29, 0.717) is 0 Å². The number of carbonyl (C=O) groups excluding carboxylic acids is 1. The Morgan fingerprint density at radius 2 is 2.06 bits per heavy atom. The third kappa shape index (κ3) is 2.91. The first-order chi connectivity index (χ1) is 7.82. The lowest BCUT2D eigenvalue weighted by Gasteiger charge is -2.07. The third-order valence-electron chi connectivity index (χ3n) is 1.82. The van der Waals surface area contributed by atoms with Crippen LogP contribution in [0.3, 0.4) is 0 Å². The van der Waals surface area contributed by atoms with Gasteiger partial charge in [0, 0.05) is 13.0 Å². The summed E-state index contributed by atoms with van der Waals surface area (Å²) in [4.78, 5) is 31.5. The van der Waals surface area contributed by atoms with Crippen LogP contribution in [0.25, 0.3) is 0 Å². The lowest BCUT2D eigenvalue weighted by atomic mass is 10.1. The molecule has 17 heavy (non-hydrogen) atoms. The van der Waals surface area contributed by atoms with Crippen molar-refractivity contribution in [3.8, 4) is 0 Å². The molecule has 0 saturated carbocycles. The first-order valence-electron chi connectivity index (χ1n) is 4.31. The molecule has 1 aromatic rings. The summed E-state index contributed by atoms with van der Waals surface area (Å²) in [6, 6.07) is 1.83. The van der Waals surface area contributed by atoms with E-state index in [9.17, 15) is 19.7 Å². The highest BCUT2D eigenvalue weighted by Gasteiger charge is 2.20. The summed E-state index contributed by atoms with van der Waals surface area (Å²) in [6.07, 6.45) is 0. The molecule has 0 atom stereocenters. The van der Waals surface area contributed by atoms with Gasteiger partial charge >= 0.3 is 5.97 Å². The molecule has 1 amide bonds. The fourth-order valence-electron chi connectivity index (χ4n) is 1.17. The largest absolute Gasteiger partial charge is 0.478 e. The van der Waals surface area contributed by atoms with Crippen LogP contribution in [0, 0.1) is 10.1 Å². The van der Waals surface area contributed by atoms with Crippen LogP contribution >= 0.6 is 11.6 Å². The molecule has 0 fully saturated rings. The molecule has 0 aromatic heterocycles. The Morgan fingerprint density at radius 3 is 2.47 bits per heavy atom. The summed E-state index contributed by atoms with van der Waals surface area (Å²) < 4.78 is 0. The zero-order valence-electron chi connectivity index (χ0n) is 8.56. The molecule has 8 heteroatoms. The number of carboxylic acids is 1. The molecule has 0 saturated heterocycles. The standard InChI is InChI=1S/C9H7ClN2O5/c1-4(13)11-7-3-8(12(16)17)6(10)2-5(7)9(14)15/h2-3H,1H3,(H,11,13)(H,14,15). The van der Waals surface area contributed by atoms with Crippen LogP contribution in [-0.4, -0.2) is 21.9 Å². The van der Waals surface area contributed by atoms with Crippen molar-refractivity contribution >= 4 is 34.9 Å².